The van der Waals surface area contributed by atoms with Gasteiger partial charge in [-0.3, -0.25) is 0 Å². The molecule has 4 nitrogen and oxygen atoms in total. The van der Waals surface area contributed by atoms with E-state index in [9.17, 15) is 0 Å². The second-order valence-electron chi connectivity index (χ2n) is 1.78. The van der Waals surface area contributed by atoms with E-state index in [4.69, 9.17) is 21.5 Å². The smallest absolute Gasteiger partial charge is 0.229 e. The first-order valence-electron chi connectivity index (χ1n) is 2.68. The van der Waals surface area contributed by atoms with E-state index >= 15 is 0 Å². The lowest BCUT2D eigenvalue weighted by atomic mass is 9.90. The Morgan fingerprint density at radius 3 is 1.60 bits per heavy atom. The van der Waals surface area contributed by atoms with E-state index in [1.165, 1.54) is 0 Å². The van der Waals surface area contributed by atoms with E-state index in [2.05, 4.69) is 0 Å². The molecule has 0 heterocycles. The molecule has 0 fully saturated rings. The molecule has 0 saturated carbocycles. The van der Waals surface area contributed by atoms with Gasteiger partial charge in [0.1, 0.15) is 18.2 Å². The van der Waals surface area contributed by atoms with E-state index in [-0.39, 0.29) is 13.0 Å². The molecule has 0 aromatic carbocycles. The predicted molar refractivity (Wildman–Crippen MR) is 32.9 cm³/mol. The lowest BCUT2D eigenvalue weighted by Gasteiger charge is -2.04. The standard InChI is InChI=1S/C6H6N4/c7-2-1-6(3-8,4-9)5-10/h1-2,7H2. The first-order valence-corrected chi connectivity index (χ1v) is 2.68. The van der Waals surface area contributed by atoms with E-state index in [0.29, 0.717) is 0 Å². The van der Waals surface area contributed by atoms with E-state index in [1.807, 2.05) is 0 Å². The average molecular weight is 134 g/mol. The number of rotatable bonds is 2. The molecule has 4 heteroatoms. The molecular formula is C6H6N4. The van der Waals surface area contributed by atoms with E-state index in [1.54, 1.807) is 18.2 Å². The van der Waals surface area contributed by atoms with E-state index in [0.717, 1.165) is 0 Å². The lowest BCUT2D eigenvalue weighted by Crippen LogP contribution is -2.18. The summed E-state index contributed by atoms with van der Waals surface area (Å²) >= 11 is 0. The van der Waals surface area contributed by atoms with Crippen molar-refractivity contribution in [2.45, 2.75) is 6.42 Å². The number of hydrogen-bond donors (Lipinski definition) is 1. The molecule has 0 unspecified atom stereocenters. The van der Waals surface area contributed by atoms with Gasteiger partial charge in [-0.05, 0) is 6.54 Å². The zero-order chi connectivity index (χ0) is 8.04. The van der Waals surface area contributed by atoms with Crippen molar-refractivity contribution in [1.82, 2.24) is 0 Å². The molecule has 0 bridgehead atoms. The molecule has 0 saturated heterocycles. The van der Waals surface area contributed by atoms with Crippen molar-refractivity contribution in [3.8, 4) is 18.2 Å². The third-order valence-electron chi connectivity index (χ3n) is 1.09. The van der Waals surface area contributed by atoms with Gasteiger partial charge in [0, 0.05) is 6.42 Å². The number of nitrogens with two attached hydrogens (primary N) is 1. The summed E-state index contributed by atoms with van der Waals surface area (Å²) in [6, 6.07) is 4.84. The van der Waals surface area contributed by atoms with Crippen LogP contribution < -0.4 is 5.73 Å². The first-order chi connectivity index (χ1) is 4.74. The Bertz CT molecular complexity index is 188. The number of nitrogens with zero attached hydrogens (tertiary/aromatic N) is 3. The maximum absolute atomic E-state index is 8.36. The fourth-order valence-corrected chi connectivity index (χ4v) is 0.459. The minimum atomic E-state index is -1.53. The van der Waals surface area contributed by atoms with Crippen LogP contribution in [0.25, 0.3) is 0 Å². The Labute approximate surface area is 59.1 Å². The van der Waals surface area contributed by atoms with Gasteiger partial charge in [0.05, 0.1) is 0 Å². The van der Waals surface area contributed by atoms with Crippen molar-refractivity contribution in [2.24, 2.45) is 11.1 Å². The van der Waals surface area contributed by atoms with Crippen molar-refractivity contribution in [3.05, 3.63) is 0 Å². The van der Waals surface area contributed by atoms with Crippen LogP contribution in [0.5, 0.6) is 0 Å². The zero-order valence-electron chi connectivity index (χ0n) is 5.33. The number of nitriles is 3. The van der Waals surface area contributed by atoms with E-state index < -0.39 is 5.41 Å². The molecule has 2 N–H and O–H groups in total. The van der Waals surface area contributed by atoms with Crippen LogP contribution in [0, 0.1) is 39.4 Å². The summed E-state index contributed by atoms with van der Waals surface area (Å²) in [7, 11) is 0. The van der Waals surface area contributed by atoms with Gasteiger partial charge in [-0.25, -0.2) is 0 Å². The summed E-state index contributed by atoms with van der Waals surface area (Å²) < 4.78 is 0. The van der Waals surface area contributed by atoms with Crippen molar-refractivity contribution < 1.29 is 0 Å². The first kappa shape index (κ1) is 8.43. The van der Waals surface area contributed by atoms with Crippen molar-refractivity contribution >= 4 is 0 Å². The van der Waals surface area contributed by atoms with Gasteiger partial charge < -0.3 is 5.73 Å². The average Bonchev–Trinajstić information content (AvgIpc) is 2.01. The van der Waals surface area contributed by atoms with Crippen LogP contribution in [0.2, 0.25) is 0 Å². The second-order valence-corrected chi connectivity index (χ2v) is 1.78. The van der Waals surface area contributed by atoms with Gasteiger partial charge in [-0.1, -0.05) is 0 Å². The minimum Gasteiger partial charge on any atom is -0.330 e. The summed E-state index contributed by atoms with van der Waals surface area (Å²) in [6.07, 6.45) is 0.108. The molecular weight excluding hydrogens is 128 g/mol. The summed E-state index contributed by atoms with van der Waals surface area (Å²) in [5.74, 6) is 0. The highest BCUT2D eigenvalue weighted by molar-refractivity contribution is 5.25. The lowest BCUT2D eigenvalue weighted by molar-refractivity contribution is 0.616. The number of hydrogen-bond acceptors (Lipinski definition) is 4. The summed E-state index contributed by atoms with van der Waals surface area (Å²) in [5, 5.41) is 25.1. The fourth-order valence-electron chi connectivity index (χ4n) is 0.459. The normalized spacial score (nSPS) is 9.00. The molecule has 0 aromatic heterocycles. The highest BCUT2D eigenvalue weighted by atomic mass is 14.5. The van der Waals surface area contributed by atoms with Crippen molar-refractivity contribution in [3.63, 3.8) is 0 Å². The van der Waals surface area contributed by atoms with Crippen LogP contribution in [-0.4, -0.2) is 6.54 Å². The fraction of sp³-hybridized carbons (Fsp3) is 0.500. The topological polar surface area (TPSA) is 97.4 Å². The highest BCUT2D eigenvalue weighted by Crippen LogP contribution is 2.16. The van der Waals surface area contributed by atoms with Crippen LogP contribution in [0.1, 0.15) is 6.42 Å². The Hall–Kier alpha value is -1.57. The van der Waals surface area contributed by atoms with Gasteiger partial charge in [0.2, 0.25) is 5.41 Å². The molecule has 0 aliphatic heterocycles. The molecule has 0 aromatic rings. The second kappa shape index (κ2) is 3.45. The van der Waals surface area contributed by atoms with Crippen LogP contribution in [0.4, 0.5) is 0 Å². The predicted octanol–water partition coefficient (Wildman–Crippen LogP) is -0.108. The Morgan fingerprint density at radius 2 is 1.50 bits per heavy atom. The van der Waals surface area contributed by atoms with Gasteiger partial charge in [0.15, 0.2) is 0 Å². The Morgan fingerprint density at radius 1 is 1.10 bits per heavy atom. The van der Waals surface area contributed by atoms with Gasteiger partial charge in [-0.15, -0.1) is 0 Å². The van der Waals surface area contributed by atoms with Crippen LogP contribution in [0.3, 0.4) is 0 Å². The minimum absolute atomic E-state index is 0.108. The van der Waals surface area contributed by atoms with Crippen molar-refractivity contribution in [2.75, 3.05) is 6.54 Å². The monoisotopic (exact) mass is 134 g/mol. The highest BCUT2D eigenvalue weighted by Gasteiger charge is 2.28. The molecule has 50 valence electrons. The molecule has 0 aliphatic rings. The van der Waals surface area contributed by atoms with Crippen LogP contribution >= 0.6 is 0 Å². The Balaban J connectivity index is 4.45. The van der Waals surface area contributed by atoms with Crippen LogP contribution in [0.15, 0.2) is 0 Å². The van der Waals surface area contributed by atoms with Crippen molar-refractivity contribution in [1.29, 1.82) is 15.8 Å². The maximum Gasteiger partial charge on any atom is 0.229 e. The van der Waals surface area contributed by atoms with Crippen LogP contribution in [-0.2, 0) is 0 Å². The van der Waals surface area contributed by atoms with Gasteiger partial charge in [0.25, 0.3) is 0 Å². The summed E-state index contributed by atoms with van der Waals surface area (Å²) in [5.41, 5.74) is 3.56. The Kier molecular flexibility index (Phi) is 2.91. The third kappa shape index (κ3) is 1.45. The molecule has 0 aliphatic carbocycles. The third-order valence-corrected chi connectivity index (χ3v) is 1.09. The molecule has 0 atom stereocenters. The van der Waals surface area contributed by atoms with Gasteiger partial charge in [-0.2, -0.15) is 15.8 Å². The molecule has 0 spiro atoms. The molecule has 0 amide bonds. The van der Waals surface area contributed by atoms with Gasteiger partial charge >= 0.3 is 0 Å². The maximum atomic E-state index is 8.36. The molecule has 0 rings (SSSR count). The SMILES string of the molecule is N#CC(C#N)(C#N)CCN. The zero-order valence-corrected chi connectivity index (χ0v) is 5.33. The molecule has 10 heavy (non-hydrogen) atoms. The molecule has 0 radical (unpaired) electrons. The largest absolute Gasteiger partial charge is 0.330 e. The summed E-state index contributed by atoms with van der Waals surface area (Å²) in [6.45, 7) is 0.175. The quantitative estimate of drug-likeness (QED) is 0.569. The summed E-state index contributed by atoms with van der Waals surface area (Å²) in [4.78, 5) is 0.